The molecule has 0 aromatic heterocycles. The Morgan fingerprint density at radius 3 is 0.609 bits per heavy atom. The zero-order valence-corrected chi connectivity index (χ0v) is 45.0. The van der Waals surface area contributed by atoms with Crippen LogP contribution in [0.25, 0.3) is 0 Å². The predicted molar refractivity (Wildman–Crippen MR) is 277 cm³/mol. The number of unbranched alkanes of at least 4 members (excludes halogenated alkanes) is 24. The van der Waals surface area contributed by atoms with Gasteiger partial charge in [-0.2, -0.15) is 0 Å². The van der Waals surface area contributed by atoms with Crippen LogP contribution in [-0.4, -0.2) is 171 Å². The monoisotopic (exact) mass is 995 g/mol. The maximum atomic E-state index is 11.9. The standard InChI is InChI=1S/C55H110O14/c1-3-5-7-9-11-13-15-16-17-18-19-21-23-25-27-29-55(56)69-54-53-68-52-51-67-50-49-66-48-47-65-46-45-64-44-43-63-42-41-62-40-39-61-38-37-60-36-35-59-34-33-58-32-31-57-30-28-26-24-22-20-14-12-10-8-6-4-2/h3-54H2,1-2H3. The number of hydrogen-bond donors (Lipinski definition) is 0. The first kappa shape index (κ1) is 68.0. The van der Waals surface area contributed by atoms with Gasteiger partial charge >= 0.3 is 5.97 Å². The van der Waals surface area contributed by atoms with E-state index in [1.165, 1.54) is 148 Å². The van der Waals surface area contributed by atoms with Crippen molar-refractivity contribution in [2.45, 2.75) is 187 Å². The molecule has 0 atom stereocenters. The highest BCUT2D eigenvalue weighted by molar-refractivity contribution is 5.69. The highest BCUT2D eigenvalue weighted by Crippen LogP contribution is 2.14. The molecule has 0 N–H and O–H groups in total. The SMILES string of the molecule is CCCCCCCCCCCCCCCCCC(=O)OCCOCCOCCOCCOCCOCCOCCOCCOCCOCCOCCOCCOCCCCCCCCCCCCC. The minimum atomic E-state index is -0.130. The van der Waals surface area contributed by atoms with Crippen molar-refractivity contribution in [2.75, 3.05) is 165 Å². The Balaban J connectivity index is 3.12. The second-order valence-corrected chi connectivity index (χ2v) is 17.8. The molecule has 0 saturated carbocycles. The van der Waals surface area contributed by atoms with Crippen LogP contribution in [0.15, 0.2) is 0 Å². The quantitative estimate of drug-likeness (QED) is 0.0422. The van der Waals surface area contributed by atoms with Gasteiger partial charge in [-0.3, -0.25) is 4.79 Å². The summed E-state index contributed by atoms with van der Waals surface area (Å²) in [6.45, 7) is 17.5. The number of esters is 1. The van der Waals surface area contributed by atoms with Crippen molar-refractivity contribution in [1.29, 1.82) is 0 Å². The molecule has 0 aliphatic carbocycles. The van der Waals surface area contributed by atoms with Crippen LogP contribution in [0.4, 0.5) is 0 Å². The largest absolute Gasteiger partial charge is 0.463 e. The van der Waals surface area contributed by atoms with Crippen LogP contribution in [0, 0.1) is 0 Å². The van der Waals surface area contributed by atoms with Gasteiger partial charge in [0.15, 0.2) is 0 Å². The Hall–Kier alpha value is -1.01. The van der Waals surface area contributed by atoms with Gasteiger partial charge in [0.1, 0.15) is 6.61 Å². The Morgan fingerprint density at radius 2 is 0.377 bits per heavy atom. The normalized spacial score (nSPS) is 11.6. The highest BCUT2D eigenvalue weighted by Gasteiger charge is 2.04. The second kappa shape index (κ2) is 65.0. The second-order valence-electron chi connectivity index (χ2n) is 17.8. The molecule has 0 amide bonds. The van der Waals surface area contributed by atoms with Gasteiger partial charge in [0.2, 0.25) is 0 Å². The zero-order valence-electron chi connectivity index (χ0n) is 45.0. The van der Waals surface area contributed by atoms with E-state index in [1.54, 1.807) is 0 Å². The van der Waals surface area contributed by atoms with Crippen molar-refractivity contribution in [1.82, 2.24) is 0 Å². The first-order valence-corrected chi connectivity index (χ1v) is 28.4. The Bertz CT molecular complexity index is 919. The molecule has 0 aromatic carbocycles. The van der Waals surface area contributed by atoms with Gasteiger partial charge in [0, 0.05) is 13.0 Å². The van der Waals surface area contributed by atoms with Crippen LogP contribution >= 0.6 is 0 Å². The molecule has 14 heteroatoms. The van der Waals surface area contributed by atoms with Crippen LogP contribution in [0.3, 0.4) is 0 Å². The average molecular weight is 995 g/mol. The lowest BCUT2D eigenvalue weighted by molar-refractivity contribution is -0.145. The summed E-state index contributed by atoms with van der Waals surface area (Å²) < 4.78 is 71.8. The first-order valence-electron chi connectivity index (χ1n) is 28.4. The summed E-state index contributed by atoms with van der Waals surface area (Å²) in [5, 5.41) is 0. The smallest absolute Gasteiger partial charge is 0.305 e. The van der Waals surface area contributed by atoms with E-state index in [4.69, 9.17) is 61.6 Å². The third-order valence-electron chi connectivity index (χ3n) is 11.5. The molecule has 0 aliphatic heterocycles. The molecule has 0 unspecified atom stereocenters. The van der Waals surface area contributed by atoms with E-state index >= 15 is 0 Å². The molecule has 0 fully saturated rings. The van der Waals surface area contributed by atoms with Crippen LogP contribution in [-0.2, 0) is 66.4 Å². The van der Waals surface area contributed by atoms with Crippen molar-refractivity contribution in [2.24, 2.45) is 0 Å². The van der Waals surface area contributed by atoms with Crippen molar-refractivity contribution in [3.63, 3.8) is 0 Å². The van der Waals surface area contributed by atoms with E-state index in [0.29, 0.717) is 158 Å². The molecule has 0 radical (unpaired) electrons. The lowest BCUT2D eigenvalue weighted by Gasteiger charge is -2.09. The highest BCUT2D eigenvalue weighted by atomic mass is 16.6. The van der Waals surface area contributed by atoms with Gasteiger partial charge in [0.05, 0.1) is 152 Å². The number of carbonyl (C=O) groups excluding carboxylic acids is 1. The fourth-order valence-electron chi connectivity index (χ4n) is 7.32. The molecule has 0 saturated heterocycles. The van der Waals surface area contributed by atoms with Crippen LogP contribution in [0.2, 0.25) is 0 Å². The van der Waals surface area contributed by atoms with E-state index in [0.717, 1.165) is 25.9 Å². The van der Waals surface area contributed by atoms with Crippen molar-refractivity contribution < 1.29 is 66.4 Å². The van der Waals surface area contributed by atoms with Crippen molar-refractivity contribution in [3.8, 4) is 0 Å². The predicted octanol–water partition coefficient (Wildman–Crippen LogP) is 11.3. The third-order valence-corrected chi connectivity index (χ3v) is 11.5. The van der Waals surface area contributed by atoms with Crippen LogP contribution < -0.4 is 0 Å². The molecular formula is C55H110O14. The molecule has 0 heterocycles. The van der Waals surface area contributed by atoms with Crippen LogP contribution in [0.5, 0.6) is 0 Å². The van der Waals surface area contributed by atoms with Gasteiger partial charge in [-0.05, 0) is 12.8 Å². The minimum Gasteiger partial charge on any atom is -0.463 e. The summed E-state index contributed by atoms with van der Waals surface area (Å²) in [6.07, 6.45) is 35.1. The zero-order chi connectivity index (χ0) is 49.5. The number of rotatable bonds is 64. The van der Waals surface area contributed by atoms with Crippen molar-refractivity contribution >= 4 is 5.97 Å². The number of ether oxygens (including phenoxy) is 13. The van der Waals surface area contributed by atoms with Gasteiger partial charge in [-0.15, -0.1) is 0 Å². The average Bonchev–Trinajstić information content (AvgIpc) is 3.36. The van der Waals surface area contributed by atoms with E-state index in [2.05, 4.69) is 13.8 Å². The molecular weight excluding hydrogens is 885 g/mol. The summed E-state index contributed by atoms with van der Waals surface area (Å²) in [5.74, 6) is -0.130. The third kappa shape index (κ3) is 65.0. The summed E-state index contributed by atoms with van der Waals surface area (Å²) in [6, 6.07) is 0. The molecule has 414 valence electrons. The molecule has 0 rings (SSSR count). The van der Waals surface area contributed by atoms with Gasteiger partial charge in [-0.1, -0.05) is 168 Å². The minimum absolute atomic E-state index is 0.130. The molecule has 0 bridgehead atoms. The fraction of sp³-hybridized carbons (Fsp3) is 0.982. The van der Waals surface area contributed by atoms with E-state index in [1.807, 2.05) is 0 Å². The molecule has 0 spiro atoms. The van der Waals surface area contributed by atoms with E-state index in [-0.39, 0.29) is 12.6 Å². The number of carbonyl (C=O) groups is 1. The Labute approximate surface area is 423 Å². The summed E-state index contributed by atoms with van der Waals surface area (Å²) >= 11 is 0. The van der Waals surface area contributed by atoms with E-state index < -0.39 is 0 Å². The lowest BCUT2D eigenvalue weighted by Crippen LogP contribution is -2.15. The molecule has 0 aromatic rings. The maximum absolute atomic E-state index is 11.9. The summed E-state index contributed by atoms with van der Waals surface area (Å²) in [4.78, 5) is 11.9. The summed E-state index contributed by atoms with van der Waals surface area (Å²) in [7, 11) is 0. The number of hydrogen-bond acceptors (Lipinski definition) is 14. The Kier molecular flexibility index (Phi) is 64.1. The van der Waals surface area contributed by atoms with Crippen LogP contribution in [0.1, 0.15) is 187 Å². The van der Waals surface area contributed by atoms with Gasteiger partial charge in [-0.25, -0.2) is 0 Å². The Morgan fingerprint density at radius 1 is 0.203 bits per heavy atom. The van der Waals surface area contributed by atoms with Gasteiger partial charge < -0.3 is 61.6 Å². The first-order chi connectivity index (χ1) is 34.3. The summed E-state index contributed by atoms with van der Waals surface area (Å²) in [5.41, 5.74) is 0. The molecule has 14 nitrogen and oxygen atoms in total. The molecule has 0 aliphatic rings. The van der Waals surface area contributed by atoms with E-state index in [9.17, 15) is 4.79 Å². The topological polar surface area (TPSA) is 137 Å². The molecule has 69 heavy (non-hydrogen) atoms. The van der Waals surface area contributed by atoms with Crippen molar-refractivity contribution in [3.05, 3.63) is 0 Å². The lowest BCUT2D eigenvalue weighted by atomic mass is 10.0. The van der Waals surface area contributed by atoms with Gasteiger partial charge in [0.25, 0.3) is 0 Å². The fourth-order valence-corrected chi connectivity index (χ4v) is 7.32. The maximum Gasteiger partial charge on any atom is 0.305 e.